The van der Waals surface area contributed by atoms with Gasteiger partial charge in [-0.2, -0.15) is 5.10 Å². The Morgan fingerprint density at radius 1 is 1.48 bits per heavy atom. The molecule has 2 aromatic heterocycles. The highest BCUT2D eigenvalue weighted by Gasteiger charge is 2.22. The topological polar surface area (TPSA) is 75.0 Å². The van der Waals surface area contributed by atoms with Crippen LogP contribution in [0.1, 0.15) is 23.5 Å². The average Bonchev–Trinajstić information content (AvgIpc) is 3.25. The molecule has 3 rings (SSSR count). The van der Waals surface area contributed by atoms with Crippen molar-refractivity contribution in [2.45, 2.75) is 32.4 Å². The average molecular weight is 366 g/mol. The Hall–Kier alpha value is -1.71. The van der Waals surface area contributed by atoms with Crippen LogP contribution in [0.3, 0.4) is 0 Å². The summed E-state index contributed by atoms with van der Waals surface area (Å²) in [5, 5.41) is 8.29. The molecule has 1 atom stereocenters. The highest BCUT2D eigenvalue weighted by Crippen LogP contribution is 2.15. The van der Waals surface area contributed by atoms with Gasteiger partial charge < -0.3 is 19.9 Å². The Morgan fingerprint density at radius 3 is 3.00 bits per heavy atom. The van der Waals surface area contributed by atoms with Gasteiger partial charge >= 0.3 is 6.03 Å². The van der Waals surface area contributed by atoms with Gasteiger partial charge in [-0.25, -0.2) is 14.3 Å². The quantitative estimate of drug-likeness (QED) is 0.801. The Labute approximate surface area is 151 Å². The maximum absolute atomic E-state index is 12.6. The molecule has 3 heterocycles. The molecule has 2 amide bonds. The first-order valence-corrected chi connectivity index (χ1v) is 9.43. The lowest BCUT2D eigenvalue weighted by molar-refractivity contribution is 0.0795. The van der Waals surface area contributed by atoms with Gasteiger partial charge in [0.25, 0.3) is 0 Å². The summed E-state index contributed by atoms with van der Waals surface area (Å²) in [5.41, 5.74) is 0.816. The number of fused-ring (bicyclic) bond motifs is 1. The van der Waals surface area contributed by atoms with Crippen molar-refractivity contribution in [3.8, 4) is 0 Å². The fourth-order valence-electron chi connectivity index (χ4n) is 2.84. The van der Waals surface area contributed by atoms with Gasteiger partial charge in [0.05, 0.1) is 24.5 Å². The lowest BCUT2D eigenvalue weighted by atomic mass is 10.2. The number of hydrogen-bond donors (Lipinski definition) is 1. The number of aryl methyl sites for hydroxylation is 1. The first kappa shape index (κ1) is 18.1. The zero-order chi connectivity index (χ0) is 17.8. The first-order chi connectivity index (χ1) is 12.0. The van der Waals surface area contributed by atoms with E-state index in [1.54, 1.807) is 15.9 Å². The van der Waals surface area contributed by atoms with Gasteiger partial charge in [-0.3, -0.25) is 0 Å². The highest BCUT2D eigenvalue weighted by molar-refractivity contribution is 7.16. The molecule has 1 saturated heterocycles. The summed E-state index contributed by atoms with van der Waals surface area (Å²) in [6.45, 7) is 5.29. The lowest BCUT2D eigenvalue weighted by Gasteiger charge is -2.26. The third-order valence-electron chi connectivity index (χ3n) is 4.17. The predicted molar refractivity (Wildman–Crippen MR) is 96.9 cm³/mol. The van der Waals surface area contributed by atoms with E-state index in [1.165, 1.54) is 0 Å². The van der Waals surface area contributed by atoms with Crippen molar-refractivity contribution in [3.05, 3.63) is 16.9 Å². The van der Waals surface area contributed by atoms with Crippen LogP contribution in [-0.2, 0) is 11.3 Å². The maximum atomic E-state index is 12.6. The fraction of sp³-hybridized carbons (Fsp3) is 0.688. The summed E-state index contributed by atoms with van der Waals surface area (Å²) < 4.78 is 7.45. The van der Waals surface area contributed by atoms with Gasteiger partial charge in [0.15, 0.2) is 0 Å². The van der Waals surface area contributed by atoms with E-state index in [4.69, 9.17) is 4.74 Å². The monoisotopic (exact) mass is 366 g/mol. The number of ether oxygens (including phenoxy) is 1. The van der Waals surface area contributed by atoms with Crippen molar-refractivity contribution < 1.29 is 9.53 Å². The number of nitrogens with zero attached hydrogens (tertiary/aromatic N) is 5. The number of likely N-dealkylation sites (N-methyl/N-ethyl adjacent to an activating group) is 1. The van der Waals surface area contributed by atoms with E-state index in [0.29, 0.717) is 19.6 Å². The summed E-state index contributed by atoms with van der Waals surface area (Å²) in [6.07, 6.45) is 4.11. The van der Waals surface area contributed by atoms with Crippen LogP contribution in [0, 0.1) is 6.92 Å². The van der Waals surface area contributed by atoms with E-state index in [0.717, 1.165) is 41.7 Å². The predicted octanol–water partition coefficient (Wildman–Crippen LogP) is 1.35. The number of carbonyl (C=O) groups excluding carboxylic acids is 1. The van der Waals surface area contributed by atoms with Crippen LogP contribution in [0.25, 0.3) is 4.96 Å². The summed E-state index contributed by atoms with van der Waals surface area (Å²) >= 11 is 1.54. The molecule has 9 heteroatoms. The third-order valence-corrected chi connectivity index (χ3v) is 5.01. The molecule has 1 N–H and O–H groups in total. The number of urea groups is 1. The van der Waals surface area contributed by atoms with E-state index in [2.05, 4.69) is 20.3 Å². The molecule has 0 spiro atoms. The molecular formula is C16H26N6O2S. The van der Waals surface area contributed by atoms with Crippen molar-refractivity contribution in [2.24, 2.45) is 0 Å². The van der Waals surface area contributed by atoms with Gasteiger partial charge in [0.2, 0.25) is 4.96 Å². The van der Waals surface area contributed by atoms with Crippen molar-refractivity contribution in [2.75, 3.05) is 40.3 Å². The zero-order valence-corrected chi connectivity index (χ0v) is 15.9. The summed E-state index contributed by atoms with van der Waals surface area (Å²) in [5.74, 6) is 0. The molecule has 0 aliphatic carbocycles. The van der Waals surface area contributed by atoms with Crippen LogP contribution >= 0.6 is 11.3 Å². The number of rotatable bonds is 7. The van der Waals surface area contributed by atoms with E-state index in [1.807, 2.05) is 32.1 Å². The second-order valence-electron chi connectivity index (χ2n) is 6.62. The van der Waals surface area contributed by atoms with Crippen molar-refractivity contribution in [3.63, 3.8) is 0 Å². The molecule has 1 aliphatic heterocycles. The minimum Gasteiger partial charge on any atom is -0.376 e. The molecular weight excluding hydrogens is 340 g/mol. The largest absolute Gasteiger partial charge is 0.376 e. The van der Waals surface area contributed by atoms with Gasteiger partial charge in [0.1, 0.15) is 5.01 Å². The Balaban J connectivity index is 1.56. The van der Waals surface area contributed by atoms with E-state index in [-0.39, 0.29) is 12.1 Å². The zero-order valence-electron chi connectivity index (χ0n) is 15.1. The molecule has 1 aliphatic rings. The third kappa shape index (κ3) is 4.90. The van der Waals surface area contributed by atoms with E-state index >= 15 is 0 Å². The number of amides is 2. The van der Waals surface area contributed by atoms with Gasteiger partial charge in [-0.15, -0.1) is 0 Å². The number of aromatic nitrogens is 3. The number of nitrogens with one attached hydrogen (secondary N) is 1. The number of imidazole rings is 1. The molecule has 138 valence electrons. The van der Waals surface area contributed by atoms with Crippen LogP contribution in [0.2, 0.25) is 0 Å². The Kier molecular flexibility index (Phi) is 5.87. The van der Waals surface area contributed by atoms with Crippen LogP contribution in [0.4, 0.5) is 4.79 Å². The maximum Gasteiger partial charge on any atom is 0.317 e. The Morgan fingerprint density at radius 2 is 2.32 bits per heavy atom. The molecule has 25 heavy (non-hydrogen) atoms. The van der Waals surface area contributed by atoms with E-state index in [9.17, 15) is 4.79 Å². The second-order valence-corrected chi connectivity index (χ2v) is 7.78. The molecule has 8 nitrogen and oxygen atoms in total. The summed E-state index contributed by atoms with van der Waals surface area (Å²) in [6, 6.07) is -0.0714. The summed E-state index contributed by atoms with van der Waals surface area (Å²) in [7, 11) is 4.02. The van der Waals surface area contributed by atoms with Gasteiger partial charge in [-0.05, 0) is 33.9 Å². The van der Waals surface area contributed by atoms with Crippen LogP contribution < -0.4 is 5.32 Å². The minimum atomic E-state index is -0.0714. The second kappa shape index (κ2) is 8.11. The number of carbonyl (C=O) groups is 1. The first-order valence-electron chi connectivity index (χ1n) is 8.62. The van der Waals surface area contributed by atoms with Crippen molar-refractivity contribution in [1.82, 2.24) is 29.7 Å². The fourth-order valence-corrected chi connectivity index (χ4v) is 3.58. The van der Waals surface area contributed by atoms with E-state index < -0.39 is 0 Å². The molecule has 1 fully saturated rings. The minimum absolute atomic E-state index is 0.0714. The number of hydrogen-bond acceptors (Lipinski definition) is 6. The van der Waals surface area contributed by atoms with Gasteiger partial charge in [0, 0.05) is 26.2 Å². The molecule has 0 bridgehead atoms. The SMILES string of the molecule is Cc1nn2cc(CNC(=O)N(CCN(C)C)C[C@H]3CCCO3)nc2s1. The summed E-state index contributed by atoms with van der Waals surface area (Å²) in [4.78, 5) is 21.9. The molecule has 0 radical (unpaired) electrons. The van der Waals surface area contributed by atoms with Crippen molar-refractivity contribution in [1.29, 1.82) is 0 Å². The van der Waals surface area contributed by atoms with Crippen LogP contribution in [-0.4, -0.2) is 76.9 Å². The normalized spacial score (nSPS) is 17.5. The molecule has 0 aromatic carbocycles. The highest BCUT2D eigenvalue weighted by atomic mass is 32.1. The van der Waals surface area contributed by atoms with Crippen molar-refractivity contribution >= 4 is 22.3 Å². The molecule has 0 unspecified atom stereocenters. The smallest absolute Gasteiger partial charge is 0.317 e. The molecule has 2 aromatic rings. The Bertz CT molecular complexity index is 675. The van der Waals surface area contributed by atoms with Crippen LogP contribution in [0.15, 0.2) is 6.20 Å². The molecule has 0 saturated carbocycles. The standard InChI is InChI=1S/C16H26N6O2S/c1-12-19-22-10-13(18-16(22)25-12)9-17-15(23)21(7-6-20(2)3)11-14-5-4-8-24-14/h10,14H,4-9,11H2,1-3H3,(H,17,23)/t14-/m1/s1. The lowest BCUT2D eigenvalue weighted by Crippen LogP contribution is -2.46. The van der Waals surface area contributed by atoms with Crippen LogP contribution in [0.5, 0.6) is 0 Å². The van der Waals surface area contributed by atoms with Gasteiger partial charge in [-0.1, -0.05) is 11.3 Å².